The maximum Gasteiger partial charge on any atom is 0.0864 e. The van der Waals surface area contributed by atoms with E-state index in [1.807, 2.05) is 24.3 Å². The van der Waals surface area contributed by atoms with Crippen LogP contribution in [0.4, 0.5) is 0 Å². The number of hydrogen-bond donors (Lipinski definition) is 1. The van der Waals surface area contributed by atoms with E-state index < -0.39 is 0 Å². The summed E-state index contributed by atoms with van der Waals surface area (Å²) in [5.41, 5.74) is 1.09. The van der Waals surface area contributed by atoms with E-state index in [-0.39, 0.29) is 12.0 Å². The van der Waals surface area contributed by atoms with Gasteiger partial charge in [0.2, 0.25) is 0 Å². The minimum atomic E-state index is -0.374. The van der Waals surface area contributed by atoms with E-state index in [0.29, 0.717) is 13.2 Å². The monoisotopic (exact) mass is 198 g/mol. The Labute approximate surface area is 82.1 Å². The smallest absolute Gasteiger partial charge is 0.0864 e. The van der Waals surface area contributed by atoms with E-state index >= 15 is 0 Å². The molecule has 1 aliphatic heterocycles. The van der Waals surface area contributed by atoms with Crippen molar-refractivity contribution in [1.82, 2.24) is 0 Å². The first kappa shape index (κ1) is 9.00. The van der Waals surface area contributed by atoms with Gasteiger partial charge in [-0.3, -0.25) is 0 Å². The summed E-state index contributed by atoms with van der Waals surface area (Å²) < 4.78 is 5.17. The van der Waals surface area contributed by atoms with Gasteiger partial charge in [-0.2, -0.15) is 0 Å². The highest BCUT2D eigenvalue weighted by Crippen LogP contribution is 2.26. The molecule has 1 aliphatic rings. The Morgan fingerprint density at radius 1 is 1.23 bits per heavy atom. The summed E-state index contributed by atoms with van der Waals surface area (Å²) in [5, 5.41) is 10.3. The van der Waals surface area contributed by atoms with Crippen LogP contribution in [0, 0.1) is 0 Å². The van der Waals surface area contributed by atoms with Gasteiger partial charge in [0.15, 0.2) is 0 Å². The molecule has 13 heavy (non-hydrogen) atoms. The average molecular weight is 199 g/mol. The van der Waals surface area contributed by atoms with Gasteiger partial charge >= 0.3 is 0 Å². The quantitative estimate of drug-likeness (QED) is 0.746. The van der Waals surface area contributed by atoms with Gasteiger partial charge < -0.3 is 9.84 Å². The average Bonchev–Trinajstić information content (AvgIpc) is 2.53. The second-order valence-electron chi connectivity index (χ2n) is 3.26. The molecule has 2 unspecified atom stereocenters. The molecule has 1 heterocycles. The zero-order valence-electron chi connectivity index (χ0n) is 7.11. The first-order valence-corrected chi connectivity index (χ1v) is 4.66. The summed E-state index contributed by atoms with van der Waals surface area (Å²) in [5.74, 6) is 0.109. The third-order valence-electron chi connectivity index (χ3n) is 2.35. The lowest BCUT2D eigenvalue weighted by Gasteiger charge is -2.12. The van der Waals surface area contributed by atoms with Crippen LogP contribution in [0.1, 0.15) is 11.5 Å². The van der Waals surface area contributed by atoms with Gasteiger partial charge in [-0.05, 0) is 17.7 Å². The number of benzene rings is 1. The number of hydrogen-bond acceptors (Lipinski definition) is 2. The number of aliphatic hydroxyl groups excluding tert-OH is 1. The standard InChI is InChI=1S/C10H11ClO2/c11-8-3-1-7(2-4-8)9-5-13-6-10(9)12/h1-4,9-10,12H,5-6H2. The van der Waals surface area contributed by atoms with Gasteiger partial charge in [0.1, 0.15) is 0 Å². The van der Waals surface area contributed by atoms with Crippen LogP contribution < -0.4 is 0 Å². The highest BCUT2D eigenvalue weighted by atomic mass is 35.5. The summed E-state index contributed by atoms with van der Waals surface area (Å²) in [6.07, 6.45) is -0.374. The highest BCUT2D eigenvalue weighted by Gasteiger charge is 2.27. The molecule has 1 N–H and O–H groups in total. The fourth-order valence-electron chi connectivity index (χ4n) is 1.57. The Bertz CT molecular complexity index is 283. The molecule has 70 valence electrons. The molecule has 0 radical (unpaired) electrons. The van der Waals surface area contributed by atoms with Crippen molar-refractivity contribution in [2.75, 3.05) is 13.2 Å². The van der Waals surface area contributed by atoms with Crippen LogP contribution in [0.3, 0.4) is 0 Å². The van der Waals surface area contributed by atoms with Crippen molar-refractivity contribution >= 4 is 11.6 Å². The lowest BCUT2D eigenvalue weighted by molar-refractivity contribution is 0.124. The Morgan fingerprint density at radius 3 is 2.46 bits per heavy atom. The molecular weight excluding hydrogens is 188 g/mol. The largest absolute Gasteiger partial charge is 0.390 e. The summed E-state index contributed by atoms with van der Waals surface area (Å²) in [4.78, 5) is 0. The van der Waals surface area contributed by atoms with Gasteiger partial charge in [0.25, 0.3) is 0 Å². The van der Waals surface area contributed by atoms with Crippen molar-refractivity contribution in [2.24, 2.45) is 0 Å². The molecule has 1 fully saturated rings. The maximum atomic E-state index is 9.55. The summed E-state index contributed by atoms with van der Waals surface area (Å²) in [6, 6.07) is 7.54. The minimum absolute atomic E-state index is 0.109. The molecule has 0 aliphatic carbocycles. The van der Waals surface area contributed by atoms with E-state index in [2.05, 4.69) is 0 Å². The highest BCUT2D eigenvalue weighted by molar-refractivity contribution is 6.30. The molecule has 0 aromatic heterocycles. The Kier molecular flexibility index (Phi) is 2.54. The molecule has 0 amide bonds. The van der Waals surface area contributed by atoms with Crippen LogP contribution in [0.5, 0.6) is 0 Å². The van der Waals surface area contributed by atoms with Gasteiger partial charge in [-0.25, -0.2) is 0 Å². The molecule has 0 saturated carbocycles. The Hall–Kier alpha value is -0.570. The predicted octanol–water partition coefficient (Wildman–Crippen LogP) is 1.81. The van der Waals surface area contributed by atoms with Crippen LogP contribution in [-0.2, 0) is 4.74 Å². The van der Waals surface area contributed by atoms with Crippen molar-refractivity contribution in [1.29, 1.82) is 0 Å². The summed E-state index contributed by atoms with van der Waals surface area (Å²) in [7, 11) is 0. The zero-order valence-corrected chi connectivity index (χ0v) is 7.87. The SMILES string of the molecule is OC1COCC1c1ccc(Cl)cc1. The van der Waals surface area contributed by atoms with E-state index in [9.17, 15) is 5.11 Å². The van der Waals surface area contributed by atoms with Gasteiger partial charge in [-0.1, -0.05) is 23.7 Å². The van der Waals surface area contributed by atoms with E-state index in [1.165, 1.54) is 0 Å². The third kappa shape index (κ3) is 1.85. The van der Waals surface area contributed by atoms with Crippen molar-refractivity contribution in [2.45, 2.75) is 12.0 Å². The Balaban J connectivity index is 2.20. The second kappa shape index (κ2) is 3.66. The first-order valence-electron chi connectivity index (χ1n) is 4.28. The molecule has 2 nitrogen and oxygen atoms in total. The van der Waals surface area contributed by atoms with Gasteiger partial charge in [0.05, 0.1) is 19.3 Å². The third-order valence-corrected chi connectivity index (χ3v) is 2.60. The lowest BCUT2D eigenvalue weighted by atomic mass is 9.97. The molecular formula is C10H11ClO2. The number of rotatable bonds is 1. The van der Waals surface area contributed by atoms with Crippen molar-refractivity contribution in [3.63, 3.8) is 0 Å². The molecule has 1 aromatic carbocycles. The van der Waals surface area contributed by atoms with E-state index in [0.717, 1.165) is 10.6 Å². The molecule has 1 aromatic rings. The Morgan fingerprint density at radius 2 is 1.92 bits per heavy atom. The first-order chi connectivity index (χ1) is 6.27. The molecule has 3 heteroatoms. The van der Waals surface area contributed by atoms with Crippen molar-refractivity contribution in [3.05, 3.63) is 34.9 Å². The van der Waals surface area contributed by atoms with E-state index in [1.54, 1.807) is 0 Å². The van der Waals surface area contributed by atoms with Gasteiger partial charge in [-0.15, -0.1) is 0 Å². The number of ether oxygens (including phenoxy) is 1. The molecule has 0 bridgehead atoms. The predicted molar refractivity (Wildman–Crippen MR) is 51.0 cm³/mol. The van der Waals surface area contributed by atoms with Crippen LogP contribution in [0.25, 0.3) is 0 Å². The fourth-order valence-corrected chi connectivity index (χ4v) is 1.70. The molecule has 1 saturated heterocycles. The molecule has 2 atom stereocenters. The lowest BCUT2D eigenvalue weighted by Crippen LogP contribution is -2.15. The topological polar surface area (TPSA) is 29.5 Å². The maximum absolute atomic E-state index is 9.55. The molecule has 2 rings (SSSR count). The number of halogens is 1. The van der Waals surface area contributed by atoms with Crippen molar-refractivity contribution in [3.8, 4) is 0 Å². The molecule has 0 spiro atoms. The van der Waals surface area contributed by atoms with Crippen molar-refractivity contribution < 1.29 is 9.84 Å². The zero-order chi connectivity index (χ0) is 9.26. The minimum Gasteiger partial charge on any atom is -0.390 e. The number of aliphatic hydroxyl groups is 1. The van der Waals surface area contributed by atoms with Crippen LogP contribution in [-0.4, -0.2) is 24.4 Å². The van der Waals surface area contributed by atoms with Gasteiger partial charge in [0, 0.05) is 10.9 Å². The van der Waals surface area contributed by atoms with Crippen LogP contribution in [0.2, 0.25) is 5.02 Å². The van der Waals surface area contributed by atoms with Crippen LogP contribution in [0.15, 0.2) is 24.3 Å². The van der Waals surface area contributed by atoms with E-state index in [4.69, 9.17) is 16.3 Å². The summed E-state index contributed by atoms with van der Waals surface area (Å²) >= 11 is 5.76. The second-order valence-corrected chi connectivity index (χ2v) is 3.70. The fraction of sp³-hybridized carbons (Fsp3) is 0.400. The summed E-state index contributed by atoms with van der Waals surface area (Å²) in [6.45, 7) is 1.04. The normalized spacial score (nSPS) is 27.8. The van der Waals surface area contributed by atoms with Crippen LogP contribution >= 0.6 is 11.6 Å².